The first-order valence-electron chi connectivity index (χ1n) is 10.1. The lowest BCUT2D eigenvalue weighted by Gasteiger charge is -2.39. The van der Waals surface area contributed by atoms with Crippen molar-refractivity contribution in [1.82, 2.24) is 15.1 Å². The number of ether oxygens (including phenoxy) is 1. The fourth-order valence-corrected chi connectivity index (χ4v) is 4.28. The van der Waals surface area contributed by atoms with E-state index in [1.54, 1.807) is 18.7 Å². The van der Waals surface area contributed by atoms with Crippen molar-refractivity contribution in [2.24, 2.45) is 4.99 Å². The maximum Gasteiger partial charge on any atom is 0.410 e. The van der Waals surface area contributed by atoms with Gasteiger partial charge in [-0.25, -0.2) is 13.2 Å². The molecule has 8 nitrogen and oxygen atoms in total. The summed E-state index contributed by atoms with van der Waals surface area (Å²) in [6.45, 7) is 16.0. The first-order chi connectivity index (χ1) is 12.8. The Balaban J connectivity index is 2.81. The van der Waals surface area contributed by atoms with E-state index in [9.17, 15) is 13.2 Å². The summed E-state index contributed by atoms with van der Waals surface area (Å²) >= 11 is 0. The molecular weight excluding hydrogens is 380 g/mol. The lowest BCUT2D eigenvalue weighted by molar-refractivity contribution is 0.0255. The molecule has 0 radical (unpaired) electrons. The lowest BCUT2D eigenvalue weighted by Crippen LogP contribution is -2.57. The molecule has 0 aromatic carbocycles. The van der Waals surface area contributed by atoms with Crippen LogP contribution in [0.4, 0.5) is 4.79 Å². The number of aliphatic imine (C=N–C) groups is 1. The van der Waals surface area contributed by atoms with Gasteiger partial charge >= 0.3 is 6.09 Å². The van der Waals surface area contributed by atoms with E-state index in [4.69, 9.17) is 4.74 Å². The largest absolute Gasteiger partial charge is 0.444 e. The van der Waals surface area contributed by atoms with E-state index in [0.29, 0.717) is 45.2 Å². The Labute approximate surface area is 170 Å². The molecule has 1 rings (SSSR count). The summed E-state index contributed by atoms with van der Waals surface area (Å²) in [7, 11) is -3.11. The van der Waals surface area contributed by atoms with Gasteiger partial charge in [0.25, 0.3) is 0 Å². The van der Waals surface area contributed by atoms with Crippen LogP contribution in [0.25, 0.3) is 0 Å². The van der Waals surface area contributed by atoms with Gasteiger partial charge in [0.2, 0.25) is 0 Å². The maximum atomic E-state index is 12.4. The summed E-state index contributed by atoms with van der Waals surface area (Å²) in [5, 5.41) is 3.24. The third-order valence-electron chi connectivity index (χ3n) is 4.45. The molecule has 0 spiro atoms. The number of hydrogen-bond donors (Lipinski definition) is 1. The Hall–Kier alpha value is -1.51. The van der Waals surface area contributed by atoms with Gasteiger partial charge in [0.15, 0.2) is 15.8 Å². The van der Waals surface area contributed by atoms with Crippen LogP contribution in [0, 0.1) is 0 Å². The Bertz CT molecular complexity index is 653. The molecule has 1 aliphatic heterocycles. The highest BCUT2D eigenvalue weighted by atomic mass is 32.2. The molecule has 1 saturated heterocycles. The Kier molecular flexibility index (Phi) is 8.59. The molecule has 0 aliphatic carbocycles. The fraction of sp³-hybridized carbons (Fsp3) is 0.895. The van der Waals surface area contributed by atoms with Crippen LogP contribution in [0.5, 0.6) is 0 Å². The van der Waals surface area contributed by atoms with Gasteiger partial charge in [-0.05, 0) is 48.0 Å². The third kappa shape index (κ3) is 7.14. The molecule has 0 atom stereocenters. The van der Waals surface area contributed by atoms with Gasteiger partial charge in [0, 0.05) is 32.7 Å². The van der Waals surface area contributed by atoms with Crippen LogP contribution in [0.3, 0.4) is 0 Å². The molecule has 0 bridgehead atoms. The normalized spacial score (nSPS) is 19.2. The Morgan fingerprint density at radius 3 is 2.39 bits per heavy atom. The van der Waals surface area contributed by atoms with Crippen molar-refractivity contribution in [2.45, 2.75) is 65.2 Å². The molecule has 1 amide bonds. The smallest absolute Gasteiger partial charge is 0.410 e. The molecule has 0 aromatic rings. The summed E-state index contributed by atoms with van der Waals surface area (Å²) in [4.78, 5) is 20.7. The molecule has 28 heavy (non-hydrogen) atoms. The van der Waals surface area contributed by atoms with Crippen molar-refractivity contribution in [2.75, 3.05) is 45.0 Å². The Morgan fingerprint density at radius 1 is 1.25 bits per heavy atom. The first-order valence-corrected chi connectivity index (χ1v) is 11.7. The van der Waals surface area contributed by atoms with Crippen LogP contribution in [-0.2, 0) is 14.6 Å². The van der Waals surface area contributed by atoms with Crippen LogP contribution < -0.4 is 5.32 Å². The van der Waals surface area contributed by atoms with Crippen LogP contribution in [0.15, 0.2) is 4.99 Å². The maximum absolute atomic E-state index is 12.4. The fourth-order valence-electron chi connectivity index (χ4n) is 2.92. The number of hydrogen-bond acceptors (Lipinski definition) is 5. The third-order valence-corrected chi connectivity index (χ3v) is 6.99. The number of nitrogens with one attached hydrogen (secondary N) is 1. The van der Waals surface area contributed by atoms with Gasteiger partial charge < -0.3 is 19.9 Å². The average Bonchev–Trinajstić information content (AvgIpc) is 2.54. The summed E-state index contributed by atoms with van der Waals surface area (Å²) in [6.07, 6.45) is 0.501. The quantitative estimate of drug-likeness (QED) is 0.525. The molecule has 1 N–H and O–H groups in total. The molecule has 1 heterocycles. The molecule has 9 heteroatoms. The topological polar surface area (TPSA) is 91.3 Å². The minimum atomic E-state index is -3.11. The van der Waals surface area contributed by atoms with Crippen LogP contribution in [0.1, 0.15) is 54.9 Å². The zero-order valence-corrected chi connectivity index (χ0v) is 19.4. The number of carbonyl (C=O) groups excluding carboxylic acids is 1. The monoisotopic (exact) mass is 418 g/mol. The standard InChI is InChI=1S/C19H38N4O4S/c1-8-11-22(17(24)27-18(3,4)5)12-10-21-16(20-9-2)23-13-14-28(25,26)19(6,7)15-23/h8-15H2,1-7H3,(H,20,21). The lowest BCUT2D eigenvalue weighted by atomic mass is 10.2. The van der Waals surface area contributed by atoms with Crippen molar-refractivity contribution in [1.29, 1.82) is 0 Å². The van der Waals surface area contributed by atoms with E-state index in [1.165, 1.54) is 0 Å². The second kappa shape index (κ2) is 9.80. The summed E-state index contributed by atoms with van der Waals surface area (Å²) in [6, 6.07) is 0. The highest BCUT2D eigenvalue weighted by Crippen LogP contribution is 2.23. The summed E-state index contributed by atoms with van der Waals surface area (Å²) in [5.74, 6) is 0.802. The van der Waals surface area contributed by atoms with Crippen molar-refractivity contribution in [3.05, 3.63) is 0 Å². The second-order valence-corrected chi connectivity index (χ2v) is 11.4. The number of rotatable bonds is 6. The van der Waals surface area contributed by atoms with Gasteiger partial charge in [-0.15, -0.1) is 0 Å². The van der Waals surface area contributed by atoms with Crippen molar-refractivity contribution in [3.8, 4) is 0 Å². The van der Waals surface area contributed by atoms with E-state index in [0.717, 1.165) is 6.42 Å². The molecule has 0 unspecified atom stereocenters. The van der Waals surface area contributed by atoms with E-state index in [2.05, 4.69) is 10.3 Å². The highest BCUT2D eigenvalue weighted by molar-refractivity contribution is 7.92. The molecule has 164 valence electrons. The molecule has 0 saturated carbocycles. The minimum absolute atomic E-state index is 0.115. The van der Waals surface area contributed by atoms with Gasteiger partial charge in [-0.1, -0.05) is 6.92 Å². The predicted octanol–water partition coefficient (Wildman–Crippen LogP) is 2.11. The minimum Gasteiger partial charge on any atom is -0.444 e. The molecular formula is C19H38N4O4S. The van der Waals surface area contributed by atoms with Crippen LogP contribution in [-0.4, -0.2) is 85.6 Å². The van der Waals surface area contributed by atoms with Gasteiger partial charge in [0.1, 0.15) is 5.60 Å². The SMILES string of the molecule is CCCN(CCN=C(NCC)N1CCS(=O)(=O)C(C)(C)C1)C(=O)OC(C)(C)C. The van der Waals surface area contributed by atoms with Gasteiger partial charge in [-0.2, -0.15) is 0 Å². The van der Waals surface area contributed by atoms with E-state index in [1.807, 2.05) is 39.5 Å². The molecule has 1 fully saturated rings. The van der Waals surface area contributed by atoms with Gasteiger partial charge in [-0.3, -0.25) is 4.99 Å². The van der Waals surface area contributed by atoms with Crippen LogP contribution >= 0.6 is 0 Å². The first kappa shape index (κ1) is 24.5. The van der Waals surface area contributed by atoms with E-state index >= 15 is 0 Å². The number of carbonyl (C=O) groups is 1. The Morgan fingerprint density at radius 2 is 1.89 bits per heavy atom. The van der Waals surface area contributed by atoms with Crippen molar-refractivity contribution >= 4 is 21.9 Å². The number of sulfone groups is 1. The van der Waals surface area contributed by atoms with Gasteiger partial charge in [0.05, 0.1) is 17.0 Å². The van der Waals surface area contributed by atoms with Crippen molar-refractivity contribution < 1.29 is 17.9 Å². The van der Waals surface area contributed by atoms with E-state index in [-0.39, 0.29) is 11.8 Å². The van der Waals surface area contributed by atoms with Crippen molar-refractivity contribution in [3.63, 3.8) is 0 Å². The average molecular weight is 419 g/mol. The van der Waals surface area contributed by atoms with E-state index < -0.39 is 20.2 Å². The predicted molar refractivity (Wildman–Crippen MR) is 114 cm³/mol. The summed E-state index contributed by atoms with van der Waals surface area (Å²) in [5.41, 5.74) is -0.536. The summed E-state index contributed by atoms with van der Waals surface area (Å²) < 4.78 is 29.2. The second-order valence-electron chi connectivity index (χ2n) is 8.70. The highest BCUT2D eigenvalue weighted by Gasteiger charge is 2.41. The molecule has 0 aromatic heterocycles. The molecule has 1 aliphatic rings. The number of nitrogens with zero attached hydrogens (tertiary/aromatic N) is 3. The van der Waals surface area contributed by atoms with Crippen LogP contribution in [0.2, 0.25) is 0 Å². The zero-order chi connectivity index (χ0) is 21.6. The zero-order valence-electron chi connectivity index (χ0n) is 18.5. The number of amides is 1. The number of guanidine groups is 1.